The molecule has 0 atom stereocenters. The summed E-state index contributed by atoms with van der Waals surface area (Å²) in [4.78, 5) is 0. The minimum atomic E-state index is 0.0686. The van der Waals surface area contributed by atoms with Gasteiger partial charge in [0.25, 0.3) is 0 Å². The van der Waals surface area contributed by atoms with Crippen LogP contribution in [0.5, 0.6) is 5.75 Å². The Bertz CT molecular complexity index is 555. The first-order chi connectivity index (χ1) is 7.70. The maximum Gasteiger partial charge on any atom is 0.134 e. The van der Waals surface area contributed by atoms with E-state index in [0.29, 0.717) is 10.6 Å². The fourth-order valence-corrected chi connectivity index (χ4v) is 1.60. The smallest absolute Gasteiger partial charge is 0.134 e. The van der Waals surface area contributed by atoms with E-state index < -0.39 is 0 Å². The van der Waals surface area contributed by atoms with E-state index in [-0.39, 0.29) is 5.75 Å². The van der Waals surface area contributed by atoms with Crippen molar-refractivity contribution in [3.8, 4) is 22.9 Å². The van der Waals surface area contributed by atoms with E-state index in [1.165, 1.54) is 0 Å². The van der Waals surface area contributed by atoms with Crippen molar-refractivity contribution in [3.63, 3.8) is 0 Å². The summed E-state index contributed by atoms with van der Waals surface area (Å²) >= 11 is 5.82. The lowest BCUT2D eigenvalue weighted by Gasteiger charge is -2.03. The highest BCUT2D eigenvalue weighted by Gasteiger charge is 2.02. The summed E-state index contributed by atoms with van der Waals surface area (Å²) in [6.07, 6.45) is 0. The van der Waals surface area contributed by atoms with Gasteiger partial charge in [-0.25, -0.2) is 0 Å². The maximum atomic E-state index is 9.30. The Morgan fingerprint density at radius 3 is 2.19 bits per heavy atom. The molecule has 0 aliphatic rings. The fraction of sp³-hybridized carbons (Fsp3) is 0. The lowest BCUT2D eigenvalue weighted by atomic mass is 10.0. The van der Waals surface area contributed by atoms with Crippen LogP contribution in [0.2, 0.25) is 5.02 Å². The number of nitrogens with zero attached hydrogens (tertiary/aromatic N) is 1. The average molecular weight is 230 g/mol. The van der Waals surface area contributed by atoms with Crippen LogP contribution in [0.1, 0.15) is 5.56 Å². The lowest BCUT2D eigenvalue weighted by molar-refractivity contribution is 0.475. The highest BCUT2D eigenvalue weighted by molar-refractivity contribution is 6.32. The van der Waals surface area contributed by atoms with Gasteiger partial charge in [-0.15, -0.1) is 0 Å². The third kappa shape index (κ3) is 2.00. The number of phenols is 1. The van der Waals surface area contributed by atoms with Gasteiger partial charge in [-0.1, -0.05) is 29.8 Å². The molecule has 2 nitrogen and oxygen atoms in total. The molecule has 78 valence electrons. The Balaban J connectivity index is 2.43. The summed E-state index contributed by atoms with van der Waals surface area (Å²) in [6.45, 7) is 0. The summed E-state index contributed by atoms with van der Waals surface area (Å²) in [5.41, 5.74) is 2.49. The zero-order valence-electron chi connectivity index (χ0n) is 8.31. The monoisotopic (exact) mass is 229 g/mol. The van der Waals surface area contributed by atoms with Gasteiger partial charge >= 0.3 is 0 Å². The van der Waals surface area contributed by atoms with Gasteiger partial charge in [0.15, 0.2) is 0 Å². The molecule has 2 rings (SSSR count). The van der Waals surface area contributed by atoms with Crippen molar-refractivity contribution >= 4 is 11.6 Å². The van der Waals surface area contributed by atoms with Crippen LogP contribution in [0.3, 0.4) is 0 Å². The van der Waals surface area contributed by atoms with Crippen LogP contribution in [0.4, 0.5) is 0 Å². The molecule has 2 aromatic carbocycles. The van der Waals surface area contributed by atoms with E-state index in [2.05, 4.69) is 6.07 Å². The minimum absolute atomic E-state index is 0.0686. The van der Waals surface area contributed by atoms with Crippen LogP contribution in [-0.2, 0) is 0 Å². The molecule has 3 heteroatoms. The second-order valence-corrected chi connectivity index (χ2v) is 3.76. The van der Waals surface area contributed by atoms with Crippen molar-refractivity contribution in [1.29, 1.82) is 5.26 Å². The SMILES string of the molecule is N#Cc1ccc(-c2ccc(O)c(Cl)c2)cc1. The molecule has 0 aliphatic heterocycles. The number of phenolic OH excluding ortho intramolecular Hbond substituents is 1. The number of rotatable bonds is 1. The quantitative estimate of drug-likeness (QED) is 0.812. The van der Waals surface area contributed by atoms with Crippen LogP contribution in [0.15, 0.2) is 42.5 Å². The summed E-state index contributed by atoms with van der Waals surface area (Å²) in [5.74, 6) is 0.0686. The highest BCUT2D eigenvalue weighted by atomic mass is 35.5. The van der Waals surface area contributed by atoms with Crippen LogP contribution >= 0.6 is 11.6 Å². The fourth-order valence-electron chi connectivity index (χ4n) is 1.42. The number of hydrogen-bond donors (Lipinski definition) is 1. The molecule has 16 heavy (non-hydrogen) atoms. The number of halogens is 1. The molecule has 1 N–H and O–H groups in total. The normalized spacial score (nSPS) is 9.75. The molecular formula is C13H8ClNO. The predicted octanol–water partition coefficient (Wildman–Crippen LogP) is 3.58. The molecule has 0 saturated heterocycles. The molecular weight excluding hydrogens is 222 g/mol. The van der Waals surface area contributed by atoms with Crippen molar-refractivity contribution in [2.24, 2.45) is 0 Å². The van der Waals surface area contributed by atoms with Crippen LogP contribution in [0, 0.1) is 11.3 Å². The standard InChI is InChI=1S/C13H8ClNO/c14-12-7-11(5-6-13(12)16)10-3-1-9(8-15)2-4-10/h1-7,16H. The zero-order valence-corrected chi connectivity index (χ0v) is 9.07. The highest BCUT2D eigenvalue weighted by Crippen LogP contribution is 2.29. The summed E-state index contributed by atoms with van der Waals surface area (Å²) in [5, 5.41) is 18.3. The van der Waals surface area contributed by atoms with E-state index in [1.54, 1.807) is 30.3 Å². The Morgan fingerprint density at radius 1 is 1.00 bits per heavy atom. The predicted molar refractivity (Wildman–Crippen MR) is 63.3 cm³/mol. The van der Waals surface area contributed by atoms with Gasteiger partial charge in [-0.2, -0.15) is 5.26 Å². The summed E-state index contributed by atoms with van der Waals surface area (Å²) in [7, 11) is 0. The number of hydrogen-bond acceptors (Lipinski definition) is 2. The Hall–Kier alpha value is -1.98. The Morgan fingerprint density at radius 2 is 1.62 bits per heavy atom. The first-order valence-electron chi connectivity index (χ1n) is 4.70. The van der Waals surface area contributed by atoms with Gasteiger partial charge < -0.3 is 5.11 Å². The van der Waals surface area contributed by atoms with E-state index in [0.717, 1.165) is 11.1 Å². The molecule has 0 heterocycles. The largest absolute Gasteiger partial charge is 0.506 e. The van der Waals surface area contributed by atoms with Gasteiger partial charge in [0.1, 0.15) is 5.75 Å². The Kier molecular flexibility index (Phi) is 2.80. The molecule has 0 bridgehead atoms. The first kappa shape index (κ1) is 10.5. The van der Waals surface area contributed by atoms with Crippen LogP contribution < -0.4 is 0 Å². The van der Waals surface area contributed by atoms with Gasteiger partial charge in [0.05, 0.1) is 16.7 Å². The first-order valence-corrected chi connectivity index (χ1v) is 5.07. The third-order valence-electron chi connectivity index (χ3n) is 2.30. The molecule has 0 fully saturated rings. The van der Waals surface area contributed by atoms with Crippen LogP contribution in [-0.4, -0.2) is 5.11 Å². The maximum absolute atomic E-state index is 9.30. The number of nitriles is 1. The van der Waals surface area contributed by atoms with Crippen molar-refractivity contribution in [1.82, 2.24) is 0 Å². The van der Waals surface area contributed by atoms with Crippen molar-refractivity contribution in [3.05, 3.63) is 53.1 Å². The summed E-state index contributed by atoms with van der Waals surface area (Å²) in [6, 6.07) is 14.3. The van der Waals surface area contributed by atoms with E-state index >= 15 is 0 Å². The molecule has 0 amide bonds. The van der Waals surface area contributed by atoms with Crippen molar-refractivity contribution in [2.75, 3.05) is 0 Å². The van der Waals surface area contributed by atoms with E-state index in [4.69, 9.17) is 16.9 Å². The van der Waals surface area contributed by atoms with E-state index in [9.17, 15) is 5.11 Å². The van der Waals surface area contributed by atoms with Crippen LogP contribution in [0.25, 0.3) is 11.1 Å². The molecule has 0 aliphatic carbocycles. The van der Waals surface area contributed by atoms with Gasteiger partial charge in [-0.05, 0) is 35.4 Å². The molecule has 2 aromatic rings. The third-order valence-corrected chi connectivity index (χ3v) is 2.60. The second kappa shape index (κ2) is 4.26. The molecule has 0 spiro atoms. The summed E-state index contributed by atoms with van der Waals surface area (Å²) < 4.78 is 0. The lowest BCUT2D eigenvalue weighted by Crippen LogP contribution is -1.79. The average Bonchev–Trinajstić information content (AvgIpc) is 2.33. The van der Waals surface area contributed by atoms with Crippen molar-refractivity contribution < 1.29 is 5.11 Å². The number of benzene rings is 2. The van der Waals surface area contributed by atoms with Gasteiger partial charge in [-0.3, -0.25) is 0 Å². The van der Waals surface area contributed by atoms with Gasteiger partial charge in [0.2, 0.25) is 0 Å². The molecule has 0 unspecified atom stereocenters. The van der Waals surface area contributed by atoms with Crippen molar-refractivity contribution in [2.45, 2.75) is 0 Å². The zero-order chi connectivity index (χ0) is 11.5. The van der Waals surface area contributed by atoms with E-state index in [1.807, 2.05) is 12.1 Å². The molecule has 0 saturated carbocycles. The molecule has 0 radical (unpaired) electrons. The second-order valence-electron chi connectivity index (χ2n) is 3.36. The number of aromatic hydroxyl groups is 1. The van der Waals surface area contributed by atoms with Gasteiger partial charge in [0, 0.05) is 0 Å². The topological polar surface area (TPSA) is 44.0 Å². The Labute approximate surface area is 98.3 Å². The molecule has 0 aromatic heterocycles. The minimum Gasteiger partial charge on any atom is -0.506 e.